The van der Waals surface area contributed by atoms with E-state index >= 15 is 0 Å². The van der Waals surface area contributed by atoms with Crippen molar-refractivity contribution in [3.8, 4) is 0 Å². The second kappa shape index (κ2) is 6.61. The van der Waals surface area contributed by atoms with Gasteiger partial charge >= 0.3 is 0 Å². The summed E-state index contributed by atoms with van der Waals surface area (Å²) >= 11 is 0. The largest absolute Gasteiger partial charge is 0.314 e. The van der Waals surface area contributed by atoms with Gasteiger partial charge in [-0.2, -0.15) is 0 Å². The molecule has 0 atom stereocenters. The predicted molar refractivity (Wildman–Crippen MR) is 77.3 cm³/mol. The van der Waals surface area contributed by atoms with Gasteiger partial charge in [0.2, 0.25) is 0 Å². The van der Waals surface area contributed by atoms with E-state index in [4.69, 9.17) is 0 Å². The molecular formula is C16H25N. The lowest BCUT2D eigenvalue weighted by Gasteiger charge is -2.08. The van der Waals surface area contributed by atoms with Crippen LogP contribution >= 0.6 is 0 Å². The van der Waals surface area contributed by atoms with Crippen molar-refractivity contribution < 1.29 is 0 Å². The van der Waals surface area contributed by atoms with Crippen molar-refractivity contribution in [2.45, 2.75) is 47.1 Å². The summed E-state index contributed by atoms with van der Waals surface area (Å²) < 4.78 is 0. The molecule has 1 nitrogen and oxygen atoms in total. The van der Waals surface area contributed by atoms with Crippen LogP contribution in [0.1, 0.15) is 43.9 Å². The first-order chi connectivity index (χ1) is 7.99. The van der Waals surface area contributed by atoms with Crippen LogP contribution in [0.15, 0.2) is 24.3 Å². The molecule has 0 fully saturated rings. The number of benzene rings is 1. The first-order valence-electron chi connectivity index (χ1n) is 6.48. The van der Waals surface area contributed by atoms with Crippen molar-refractivity contribution in [2.75, 3.05) is 6.54 Å². The molecule has 94 valence electrons. The molecule has 0 aliphatic rings. The van der Waals surface area contributed by atoms with Crippen molar-refractivity contribution in [2.24, 2.45) is 0 Å². The fourth-order valence-electron chi connectivity index (χ4n) is 1.98. The van der Waals surface area contributed by atoms with Gasteiger partial charge in [0.25, 0.3) is 0 Å². The van der Waals surface area contributed by atoms with E-state index in [1.807, 2.05) is 0 Å². The van der Waals surface area contributed by atoms with Crippen LogP contribution in [0.2, 0.25) is 0 Å². The molecule has 0 unspecified atom stereocenters. The van der Waals surface area contributed by atoms with E-state index in [0.29, 0.717) is 6.04 Å². The van der Waals surface area contributed by atoms with Crippen molar-refractivity contribution in [1.82, 2.24) is 5.32 Å². The first kappa shape index (κ1) is 14.0. The van der Waals surface area contributed by atoms with Gasteiger partial charge in [-0.3, -0.25) is 0 Å². The number of hydrogen-bond acceptors (Lipinski definition) is 1. The van der Waals surface area contributed by atoms with Crippen LogP contribution in [0.25, 0.3) is 5.57 Å². The molecule has 0 bridgehead atoms. The van der Waals surface area contributed by atoms with Crippen LogP contribution in [0.3, 0.4) is 0 Å². The lowest BCUT2D eigenvalue weighted by Crippen LogP contribution is -2.23. The van der Waals surface area contributed by atoms with E-state index in [9.17, 15) is 0 Å². The van der Waals surface area contributed by atoms with E-state index in [1.54, 1.807) is 0 Å². The summed E-state index contributed by atoms with van der Waals surface area (Å²) in [7, 11) is 0. The fraction of sp³-hybridized carbons (Fsp3) is 0.500. The maximum atomic E-state index is 3.43. The predicted octanol–water partition coefficient (Wildman–Crippen LogP) is 4.09. The maximum Gasteiger partial charge on any atom is 0.00105 e. The quantitative estimate of drug-likeness (QED) is 0.752. The number of hydrogen-bond donors (Lipinski definition) is 1. The van der Waals surface area contributed by atoms with Gasteiger partial charge in [0.05, 0.1) is 0 Å². The highest BCUT2D eigenvalue weighted by molar-refractivity contribution is 5.64. The summed E-state index contributed by atoms with van der Waals surface area (Å²) in [6.07, 6.45) is 3.42. The standard InChI is InChI=1S/C16H25N/c1-12(2)17-8-6-7-15(5)16-10-13(3)9-14(4)11-16/h7,9-12,17H,6,8H2,1-5H3. The van der Waals surface area contributed by atoms with E-state index in [0.717, 1.165) is 13.0 Å². The third-order valence-corrected chi connectivity index (χ3v) is 2.82. The van der Waals surface area contributed by atoms with Crippen LogP contribution in [-0.4, -0.2) is 12.6 Å². The van der Waals surface area contributed by atoms with Gasteiger partial charge < -0.3 is 5.32 Å². The number of allylic oxidation sites excluding steroid dienone is 1. The summed E-state index contributed by atoms with van der Waals surface area (Å²) in [6, 6.07) is 7.31. The SMILES string of the molecule is CC(=CCCNC(C)C)c1cc(C)cc(C)c1. The molecule has 0 radical (unpaired) electrons. The highest BCUT2D eigenvalue weighted by Gasteiger charge is 1.98. The highest BCUT2D eigenvalue weighted by atomic mass is 14.9. The molecule has 0 amide bonds. The Morgan fingerprint density at radius 3 is 2.29 bits per heavy atom. The number of rotatable bonds is 5. The van der Waals surface area contributed by atoms with Gasteiger partial charge in [-0.25, -0.2) is 0 Å². The maximum absolute atomic E-state index is 3.43. The minimum atomic E-state index is 0.574. The van der Waals surface area contributed by atoms with Crippen LogP contribution < -0.4 is 5.32 Å². The lowest BCUT2D eigenvalue weighted by atomic mass is 10.0. The summed E-state index contributed by atoms with van der Waals surface area (Å²) in [4.78, 5) is 0. The van der Waals surface area contributed by atoms with E-state index in [1.165, 1.54) is 22.3 Å². The molecule has 1 N–H and O–H groups in total. The third-order valence-electron chi connectivity index (χ3n) is 2.82. The van der Waals surface area contributed by atoms with Gasteiger partial charge in [0.1, 0.15) is 0 Å². The molecule has 0 aliphatic heterocycles. The zero-order chi connectivity index (χ0) is 12.8. The Balaban J connectivity index is 2.61. The summed E-state index contributed by atoms with van der Waals surface area (Å²) in [5.41, 5.74) is 5.41. The average Bonchev–Trinajstić information content (AvgIpc) is 2.22. The summed E-state index contributed by atoms with van der Waals surface area (Å²) in [6.45, 7) is 11.9. The van der Waals surface area contributed by atoms with Crippen LogP contribution in [0, 0.1) is 13.8 Å². The Morgan fingerprint density at radius 2 is 1.76 bits per heavy atom. The van der Waals surface area contributed by atoms with E-state index < -0.39 is 0 Å². The van der Waals surface area contributed by atoms with Gasteiger partial charge in [0, 0.05) is 6.04 Å². The number of nitrogens with one attached hydrogen (secondary N) is 1. The van der Waals surface area contributed by atoms with Crippen LogP contribution in [-0.2, 0) is 0 Å². The third kappa shape index (κ3) is 5.18. The van der Waals surface area contributed by atoms with Crippen molar-refractivity contribution in [1.29, 1.82) is 0 Å². The van der Waals surface area contributed by atoms with E-state index in [2.05, 4.69) is 64.2 Å². The first-order valence-corrected chi connectivity index (χ1v) is 6.48. The minimum Gasteiger partial charge on any atom is -0.314 e. The Kier molecular flexibility index (Phi) is 5.43. The molecule has 0 spiro atoms. The second-order valence-electron chi connectivity index (χ2n) is 5.16. The molecule has 0 saturated carbocycles. The zero-order valence-electron chi connectivity index (χ0n) is 11.8. The number of aryl methyl sites for hydroxylation is 2. The average molecular weight is 231 g/mol. The Labute approximate surface area is 106 Å². The van der Waals surface area contributed by atoms with Gasteiger partial charge in [-0.05, 0) is 44.9 Å². The lowest BCUT2D eigenvalue weighted by molar-refractivity contribution is 0.595. The molecule has 0 heterocycles. The second-order valence-corrected chi connectivity index (χ2v) is 5.16. The van der Waals surface area contributed by atoms with Gasteiger partial charge in [-0.15, -0.1) is 0 Å². The zero-order valence-corrected chi connectivity index (χ0v) is 11.8. The molecule has 17 heavy (non-hydrogen) atoms. The smallest absolute Gasteiger partial charge is 0.00105 e. The van der Waals surface area contributed by atoms with Gasteiger partial charge in [-0.1, -0.05) is 49.2 Å². The monoisotopic (exact) mass is 231 g/mol. The normalized spacial score (nSPS) is 12.2. The molecule has 0 aromatic heterocycles. The molecule has 0 aliphatic carbocycles. The topological polar surface area (TPSA) is 12.0 Å². The molecule has 1 aromatic rings. The minimum absolute atomic E-state index is 0.574. The summed E-state index contributed by atoms with van der Waals surface area (Å²) in [5.74, 6) is 0. The molecule has 1 heteroatoms. The van der Waals surface area contributed by atoms with Crippen molar-refractivity contribution in [3.63, 3.8) is 0 Å². The van der Waals surface area contributed by atoms with Gasteiger partial charge in [0.15, 0.2) is 0 Å². The van der Waals surface area contributed by atoms with E-state index in [-0.39, 0.29) is 0 Å². The van der Waals surface area contributed by atoms with Crippen LogP contribution in [0.4, 0.5) is 0 Å². The summed E-state index contributed by atoms with van der Waals surface area (Å²) in [5, 5.41) is 3.43. The van der Waals surface area contributed by atoms with Crippen molar-refractivity contribution >= 4 is 5.57 Å². The molecule has 1 aromatic carbocycles. The van der Waals surface area contributed by atoms with Crippen molar-refractivity contribution in [3.05, 3.63) is 41.0 Å². The Bertz CT molecular complexity index is 368. The van der Waals surface area contributed by atoms with Crippen LogP contribution in [0.5, 0.6) is 0 Å². The molecule has 0 saturated heterocycles. The Hall–Kier alpha value is -1.08. The molecule has 1 rings (SSSR count). The Morgan fingerprint density at radius 1 is 1.18 bits per heavy atom. The highest BCUT2D eigenvalue weighted by Crippen LogP contribution is 2.17. The molecular weight excluding hydrogens is 206 g/mol. The fourth-order valence-corrected chi connectivity index (χ4v) is 1.98.